The van der Waals surface area contributed by atoms with Crippen molar-refractivity contribution < 1.29 is 19.1 Å². The highest BCUT2D eigenvalue weighted by Gasteiger charge is 2.23. The minimum absolute atomic E-state index is 0.164. The number of aromatic nitrogens is 1. The monoisotopic (exact) mass is 489 g/mol. The Balaban J connectivity index is 1.43. The van der Waals surface area contributed by atoms with Crippen LogP contribution in [0.3, 0.4) is 0 Å². The second-order valence-corrected chi connectivity index (χ2v) is 9.27. The van der Waals surface area contributed by atoms with E-state index in [0.29, 0.717) is 35.7 Å². The third kappa shape index (κ3) is 6.04. The van der Waals surface area contributed by atoms with Crippen molar-refractivity contribution in [3.63, 3.8) is 0 Å². The SMILES string of the molecule is COCCOC(=O)c1c(C)[nH]c(C(=O)NCc2ccccc2-c2ccc(CN3CCCC3)cc2)c1C. The van der Waals surface area contributed by atoms with Crippen LogP contribution in [0.5, 0.6) is 0 Å². The zero-order valence-corrected chi connectivity index (χ0v) is 21.4. The van der Waals surface area contributed by atoms with Gasteiger partial charge in [-0.05, 0) is 67.6 Å². The van der Waals surface area contributed by atoms with Crippen LogP contribution < -0.4 is 5.32 Å². The van der Waals surface area contributed by atoms with Crippen LogP contribution in [0.2, 0.25) is 0 Å². The molecular weight excluding hydrogens is 454 g/mol. The Morgan fingerprint density at radius 1 is 1.00 bits per heavy atom. The lowest BCUT2D eigenvalue weighted by atomic mass is 9.98. The Morgan fingerprint density at radius 2 is 1.72 bits per heavy atom. The van der Waals surface area contributed by atoms with Crippen molar-refractivity contribution in [2.24, 2.45) is 0 Å². The van der Waals surface area contributed by atoms with Crippen molar-refractivity contribution in [2.75, 3.05) is 33.4 Å². The lowest BCUT2D eigenvalue weighted by molar-refractivity contribution is 0.0386. The van der Waals surface area contributed by atoms with Crippen molar-refractivity contribution in [3.05, 3.63) is 82.2 Å². The molecule has 2 N–H and O–H groups in total. The van der Waals surface area contributed by atoms with E-state index in [-0.39, 0.29) is 12.5 Å². The largest absolute Gasteiger partial charge is 0.460 e. The fourth-order valence-corrected chi connectivity index (χ4v) is 4.78. The van der Waals surface area contributed by atoms with E-state index in [9.17, 15) is 9.59 Å². The normalized spacial score (nSPS) is 13.6. The average molecular weight is 490 g/mol. The molecule has 0 bridgehead atoms. The molecule has 190 valence electrons. The van der Waals surface area contributed by atoms with Gasteiger partial charge >= 0.3 is 5.97 Å². The minimum Gasteiger partial charge on any atom is -0.460 e. The summed E-state index contributed by atoms with van der Waals surface area (Å²) in [5.74, 6) is -0.724. The molecule has 0 spiro atoms. The number of rotatable bonds is 10. The number of hydrogen-bond donors (Lipinski definition) is 2. The molecule has 0 unspecified atom stereocenters. The molecule has 3 aromatic rings. The maximum absolute atomic E-state index is 13.0. The van der Waals surface area contributed by atoms with Gasteiger partial charge in [0, 0.05) is 25.9 Å². The van der Waals surface area contributed by atoms with Crippen LogP contribution in [0, 0.1) is 13.8 Å². The van der Waals surface area contributed by atoms with Gasteiger partial charge in [-0.2, -0.15) is 0 Å². The summed E-state index contributed by atoms with van der Waals surface area (Å²) in [7, 11) is 1.55. The molecule has 7 nitrogen and oxygen atoms in total. The number of methoxy groups -OCH3 is 1. The molecule has 1 amide bonds. The molecule has 2 aromatic carbocycles. The molecule has 1 aliphatic rings. The molecule has 0 atom stereocenters. The number of aryl methyl sites for hydroxylation is 1. The third-order valence-corrected chi connectivity index (χ3v) is 6.72. The predicted molar refractivity (Wildman–Crippen MR) is 140 cm³/mol. The molecule has 1 fully saturated rings. The van der Waals surface area contributed by atoms with Gasteiger partial charge in [-0.1, -0.05) is 48.5 Å². The topological polar surface area (TPSA) is 83.7 Å². The highest BCUT2D eigenvalue weighted by Crippen LogP contribution is 2.25. The van der Waals surface area contributed by atoms with E-state index in [1.54, 1.807) is 21.0 Å². The van der Waals surface area contributed by atoms with Crippen molar-refractivity contribution in [3.8, 4) is 11.1 Å². The van der Waals surface area contributed by atoms with Crippen LogP contribution in [-0.4, -0.2) is 55.2 Å². The summed E-state index contributed by atoms with van der Waals surface area (Å²) in [6.45, 7) is 7.73. The first-order valence-corrected chi connectivity index (χ1v) is 12.5. The molecule has 7 heteroatoms. The van der Waals surface area contributed by atoms with Gasteiger partial charge in [-0.25, -0.2) is 4.79 Å². The van der Waals surface area contributed by atoms with Gasteiger partial charge < -0.3 is 19.8 Å². The second kappa shape index (κ2) is 12.0. The van der Waals surface area contributed by atoms with E-state index < -0.39 is 5.97 Å². The Bertz CT molecular complexity index is 1190. The first-order chi connectivity index (χ1) is 17.5. The predicted octanol–water partition coefficient (Wildman–Crippen LogP) is 4.63. The molecule has 4 rings (SSSR count). The molecule has 2 heterocycles. The van der Waals surface area contributed by atoms with E-state index in [1.165, 1.54) is 31.5 Å². The summed E-state index contributed by atoms with van der Waals surface area (Å²) in [6, 6.07) is 16.8. The smallest absolute Gasteiger partial charge is 0.340 e. The van der Waals surface area contributed by atoms with Gasteiger partial charge in [0.15, 0.2) is 0 Å². The van der Waals surface area contributed by atoms with E-state index in [0.717, 1.165) is 23.2 Å². The Morgan fingerprint density at radius 3 is 2.44 bits per heavy atom. The zero-order valence-electron chi connectivity index (χ0n) is 21.4. The van der Waals surface area contributed by atoms with Gasteiger partial charge in [-0.15, -0.1) is 0 Å². The summed E-state index contributed by atoms with van der Waals surface area (Å²) < 4.78 is 10.2. The number of amides is 1. The number of nitrogens with zero attached hydrogens (tertiary/aromatic N) is 1. The Hall–Kier alpha value is -3.42. The molecule has 1 saturated heterocycles. The van der Waals surface area contributed by atoms with Crippen molar-refractivity contribution in [1.29, 1.82) is 0 Å². The number of ether oxygens (including phenoxy) is 2. The van der Waals surface area contributed by atoms with Crippen molar-refractivity contribution in [2.45, 2.75) is 39.8 Å². The maximum Gasteiger partial charge on any atom is 0.340 e. The number of H-pyrrole nitrogens is 1. The molecule has 1 aliphatic heterocycles. The van der Waals surface area contributed by atoms with Crippen LogP contribution >= 0.6 is 0 Å². The van der Waals surface area contributed by atoms with Crippen molar-refractivity contribution >= 4 is 11.9 Å². The summed E-state index contributed by atoms with van der Waals surface area (Å²) in [5, 5.41) is 3.01. The van der Waals surface area contributed by atoms with E-state index in [1.807, 2.05) is 18.2 Å². The molecule has 1 aromatic heterocycles. The van der Waals surface area contributed by atoms with E-state index in [4.69, 9.17) is 9.47 Å². The van der Waals surface area contributed by atoms with Gasteiger partial charge in [0.1, 0.15) is 12.3 Å². The first-order valence-electron chi connectivity index (χ1n) is 12.5. The number of carbonyl (C=O) groups excluding carboxylic acids is 2. The average Bonchev–Trinajstić information content (AvgIpc) is 3.50. The lowest BCUT2D eigenvalue weighted by Crippen LogP contribution is -2.24. The summed E-state index contributed by atoms with van der Waals surface area (Å²) in [6.07, 6.45) is 2.58. The highest BCUT2D eigenvalue weighted by molar-refractivity contribution is 6.00. The van der Waals surface area contributed by atoms with Gasteiger partial charge in [-0.3, -0.25) is 9.69 Å². The van der Waals surface area contributed by atoms with Crippen molar-refractivity contribution in [1.82, 2.24) is 15.2 Å². The molecule has 0 radical (unpaired) electrons. The number of carbonyl (C=O) groups is 2. The molecule has 0 saturated carbocycles. The van der Waals surface area contributed by atoms with Gasteiger partial charge in [0.2, 0.25) is 0 Å². The van der Waals surface area contributed by atoms with E-state index >= 15 is 0 Å². The fraction of sp³-hybridized carbons (Fsp3) is 0.379. The van der Waals surface area contributed by atoms with E-state index in [2.05, 4.69) is 45.5 Å². The van der Waals surface area contributed by atoms with Crippen LogP contribution in [0.25, 0.3) is 11.1 Å². The molecular formula is C29H35N3O4. The number of aromatic amines is 1. The molecule has 0 aliphatic carbocycles. The number of esters is 1. The Labute approximate surface area is 212 Å². The first kappa shape index (κ1) is 25.7. The molecule has 36 heavy (non-hydrogen) atoms. The number of hydrogen-bond acceptors (Lipinski definition) is 5. The zero-order chi connectivity index (χ0) is 25.5. The quantitative estimate of drug-likeness (QED) is 0.321. The second-order valence-electron chi connectivity index (χ2n) is 9.27. The summed E-state index contributed by atoms with van der Waals surface area (Å²) in [5.41, 5.74) is 6.51. The van der Waals surface area contributed by atoms with Crippen LogP contribution in [0.4, 0.5) is 0 Å². The summed E-state index contributed by atoms with van der Waals surface area (Å²) >= 11 is 0. The van der Waals surface area contributed by atoms with Crippen LogP contribution in [0.1, 0.15) is 56.1 Å². The standard InChI is InChI=1S/C29H35N3O4/c1-20-26(29(34)36-17-16-35-3)21(2)31-27(20)28(33)30-18-24-8-4-5-9-25(24)23-12-10-22(11-13-23)19-32-14-6-7-15-32/h4-5,8-13,31H,6-7,14-19H2,1-3H3,(H,30,33). The van der Waals surface area contributed by atoms with Gasteiger partial charge in [0.05, 0.1) is 12.2 Å². The Kier molecular flexibility index (Phi) is 8.57. The number of benzene rings is 2. The third-order valence-electron chi connectivity index (χ3n) is 6.72. The van der Waals surface area contributed by atoms with Gasteiger partial charge in [0.25, 0.3) is 5.91 Å². The maximum atomic E-state index is 13.0. The fourth-order valence-electron chi connectivity index (χ4n) is 4.78. The number of likely N-dealkylation sites (tertiary alicyclic amines) is 1. The van der Waals surface area contributed by atoms with Crippen LogP contribution in [-0.2, 0) is 22.6 Å². The summed E-state index contributed by atoms with van der Waals surface area (Å²) in [4.78, 5) is 31.0. The minimum atomic E-state index is -0.462. The number of nitrogens with one attached hydrogen (secondary N) is 2. The lowest BCUT2D eigenvalue weighted by Gasteiger charge is -2.15. The highest BCUT2D eigenvalue weighted by atomic mass is 16.6. The van der Waals surface area contributed by atoms with Crippen LogP contribution in [0.15, 0.2) is 48.5 Å².